The van der Waals surface area contributed by atoms with E-state index in [9.17, 15) is 13.2 Å². The van der Waals surface area contributed by atoms with Gasteiger partial charge in [0.05, 0.1) is 11.3 Å². The summed E-state index contributed by atoms with van der Waals surface area (Å²) in [6, 6.07) is 8.91. The zero-order valence-electron chi connectivity index (χ0n) is 14.7. The minimum Gasteiger partial charge on any atom is -0.294 e. The number of rotatable bonds is 3. The molecule has 8 heteroatoms. The van der Waals surface area contributed by atoms with Crippen LogP contribution in [-0.4, -0.2) is 26.4 Å². The Bertz CT molecular complexity index is 989. The van der Waals surface area contributed by atoms with Crippen LogP contribution in [0.25, 0.3) is 11.4 Å². The van der Waals surface area contributed by atoms with Crippen molar-refractivity contribution in [1.29, 1.82) is 0 Å². The van der Waals surface area contributed by atoms with Crippen molar-refractivity contribution in [3.05, 3.63) is 75.8 Å². The van der Waals surface area contributed by atoms with E-state index in [1.54, 1.807) is 12.4 Å². The number of aromatic nitrogens is 3. The van der Waals surface area contributed by atoms with Crippen LogP contribution in [0, 0.1) is 0 Å². The van der Waals surface area contributed by atoms with Gasteiger partial charge in [-0.1, -0.05) is 18.2 Å². The highest BCUT2D eigenvalue weighted by molar-refractivity contribution is 9.10. The Kier molecular flexibility index (Phi) is 5.16. The summed E-state index contributed by atoms with van der Waals surface area (Å²) in [4.78, 5) is 15.5. The van der Waals surface area contributed by atoms with E-state index in [2.05, 4.69) is 35.8 Å². The summed E-state index contributed by atoms with van der Waals surface area (Å²) in [6.45, 7) is 2.34. The SMILES string of the molecule is FC(F)(F)c1ccc(-c2ncc3c(n2)CCN(Cc2cccnc2Br)C3)cc1. The maximum atomic E-state index is 12.7. The molecular formula is C20H16BrF3N4. The minimum absolute atomic E-state index is 0.455. The molecule has 0 aliphatic carbocycles. The van der Waals surface area contributed by atoms with Crippen LogP contribution in [0.1, 0.15) is 22.4 Å². The zero-order valence-corrected chi connectivity index (χ0v) is 16.3. The van der Waals surface area contributed by atoms with Gasteiger partial charge < -0.3 is 0 Å². The van der Waals surface area contributed by atoms with E-state index in [1.165, 1.54) is 12.1 Å². The van der Waals surface area contributed by atoms with Gasteiger partial charge in [0.25, 0.3) is 0 Å². The van der Waals surface area contributed by atoms with Gasteiger partial charge in [0, 0.05) is 49.6 Å². The Morgan fingerprint density at radius 2 is 1.86 bits per heavy atom. The van der Waals surface area contributed by atoms with Crippen molar-refractivity contribution in [1.82, 2.24) is 19.9 Å². The Morgan fingerprint density at radius 3 is 2.57 bits per heavy atom. The lowest BCUT2D eigenvalue weighted by molar-refractivity contribution is -0.137. The van der Waals surface area contributed by atoms with Gasteiger partial charge in [-0.05, 0) is 39.7 Å². The molecule has 28 heavy (non-hydrogen) atoms. The highest BCUT2D eigenvalue weighted by Crippen LogP contribution is 2.30. The highest BCUT2D eigenvalue weighted by Gasteiger charge is 2.30. The molecule has 4 rings (SSSR count). The van der Waals surface area contributed by atoms with E-state index < -0.39 is 11.7 Å². The van der Waals surface area contributed by atoms with E-state index in [4.69, 9.17) is 0 Å². The second-order valence-electron chi connectivity index (χ2n) is 6.65. The molecule has 0 bridgehead atoms. The molecule has 0 radical (unpaired) electrons. The first kappa shape index (κ1) is 19.0. The molecule has 0 unspecified atom stereocenters. The number of halogens is 4. The van der Waals surface area contributed by atoms with Crippen LogP contribution >= 0.6 is 15.9 Å². The fraction of sp³-hybridized carbons (Fsp3) is 0.250. The van der Waals surface area contributed by atoms with E-state index in [1.807, 2.05) is 12.1 Å². The average Bonchev–Trinajstić information content (AvgIpc) is 2.69. The van der Waals surface area contributed by atoms with Crippen molar-refractivity contribution >= 4 is 15.9 Å². The number of fused-ring (bicyclic) bond motifs is 1. The fourth-order valence-electron chi connectivity index (χ4n) is 3.24. The fourth-order valence-corrected chi connectivity index (χ4v) is 3.61. The number of pyridine rings is 1. The standard InChI is InChI=1S/C20H16BrF3N4/c21-18-14(2-1-8-25-18)11-28-9-7-17-15(12-28)10-26-19(27-17)13-3-5-16(6-4-13)20(22,23)24/h1-6,8,10H,7,9,11-12H2. The summed E-state index contributed by atoms with van der Waals surface area (Å²) in [5.74, 6) is 0.455. The van der Waals surface area contributed by atoms with Crippen LogP contribution in [0.5, 0.6) is 0 Å². The Morgan fingerprint density at radius 1 is 1.07 bits per heavy atom. The Hall–Kier alpha value is -2.32. The van der Waals surface area contributed by atoms with Crippen LogP contribution in [0.4, 0.5) is 13.2 Å². The van der Waals surface area contributed by atoms with Crippen LogP contribution in [-0.2, 0) is 25.7 Å². The smallest absolute Gasteiger partial charge is 0.294 e. The van der Waals surface area contributed by atoms with Crippen molar-refractivity contribution in [3.63, 3.8) is 0 Å². The number of hydrogen-bond acceptors (Lipinski definition) is 4. The minimum atomic E-state index is -4.35. The lowest BCUT2D eigenvalue weighted by atomic mass is 10.1. The highest BCUT2D eigenvalue weighted by atomic mass is 79.9. The summed E-state index contributed by atoms with van der Waals surface area (Å²) in [7, 11) is 0. The summed E-state index contributed by atoms with van der Waals surface area (Å²) in [6.07, 6.45) is -0.0547. The maximum absolute atomic E-state index is 12.7. The van der Waals surface area contributed by atoms with Gasteiger partial charge in [-0.3, -0.25) is 4.90 Å². The zero-order chi connectivity index (χ0) is 19.7. The molecule has 1 aliphatic heterocycles. The summed E-state index contributed by atoms with van der Waals surface area (Å²) in [5.41, 5.74) is 3.02. The lowest BCUT2D eigenvalue weighted by Gasteiger charge is -2.28. The predicted molar refractivity (Wildman–Crippen MR) is 102 cm³/mol. The molecule has 0 N–H and O–H groups in total. The lowest BCUT2D eigenvalue weighted by Crippen LogP contribution is -2.31. The normalized spacial score (nSPS) is 14.7. The van der Waals surface area contributed by atoms with Gasteiger partial charge >= 0.3 is 6.18 Å². The van der Waals surface area contributed by atoms with Crippen molar-refractivity contribution in [2.75, 3.05) is 6.54 Å². The molecule has 0 spiro atoms. The van der Waals surface area contributed by atoms with Gasteiger partial charge in [0.15, 0.2) is 5.82 Å². The van der Waals surface area contributed by atoms with Gasteiger partial charge in [-0.2, -0.15) is 13.2 Å². The molecule has 144 valence electrons. The summed E-state index contributed by atoms with van der Waals surface area (Å²) < 4.78 is 39.0. The molecule has 2 aromatic heterocycles. The molecule has 0 fully saturated rings. The topological polar surface area (TPSA) is 41.9 Å². The van der Waals surface area contributed by atoms with E-state index in [-0.39, 0.29) is 0 Å². The molecule has 0 amide bonds. The first-order chi connectivity index (χ1) is 13.4. The number of nitrogens with zero attached hydrogens (tertiary/aromatic N) is 4. The second-order valence-corrected chi connectivity index (χ2v) is 7.41. The first-order valence-corrected chi connectivity index (χ1v) is 9.53. The molecule has 0 saturated carbocycles. The number of hydrogen-bond donors (Lipinski definition) is 0. The van der Waals surface area contributed by atoms with Crippen molar-refractivity contribution in [2.24, 2.45) is 0 Å². The molecular weight excluding hydrogens is 433 g/mol. The average molecular weight is 449 g/mol. The van der Waals surface area contributed by atoms with Crippen LogP contribution in [0.2, 0.25) is 0 Å². The molecule has 0 atom stereocenters. The Labute approximate surface area is 168 Å². The third-order valence-electron chi connectivity index (χ3n) is 4.71. The van der Waals surface area contributed by atoms with Crippen LogP contribution < -0.4 is 0 Å². The number of benzene rings is 1. The van der Waals surface area contributed by atoms with Gasteiger partial charge in [-0.15, -0.1) is 0 Å². The Balaban J connectivity index is 1.50. The third-order valence-corrected chi connectivity index (χ3v) is 5.43. The van der Waals surface area contributed by atoms with Crippen LogP contribution in [0.3, 0.4) is 0 Å². The third kappa shape index (κ3) is 4.07. The molecule has 1 aliphatic rings. The monoisotopic (exact) mass is 448 g/mol. The number of alkyl halides is 3. The molecule has 1 aromatic carbocycles. The summed E-state index contributed by atoms with van der Waals surface area (Å²) in [5, 5.41) is 0. The quantitative estimate of drug-likeness (QED) is 0.535. The molecule has 4 nitrogen and oxygen atoms in total. The largest absolute Gasteiger partial charge is 0.416 e. The first-order valence-electron chi connectivity index (χ1n) is 8.74. The predicted octanol–water partition coefficient (Wildman–Crippen LogP) is 4.88. The summed E-state index contributed by atoms with van der Waals surface area (Å²) >= 11 is 3.47. The molecule has 3 aromatic rings. The van der Waals surface area contributed by atoms with Crippen molar-refractivity contribution in [2.45, 2.75) is 25.7 Å². The van der Waals surface area contributed by atoms with Gasteiger partial charge in [0.1, 0.15) is 4.60 Å². The van der Waals surface area contributed by atoms with Gasteiger partial charge in [0.2, 0.25) is 0 Å². The second kappa shape index (κ2) is 7.60. The van der Waals surface area contributed by atoms with Crippen LogP contribution in [0.15, 0.2) is 53.4 Å². The van der Waals surface area contributed by atoms with E-state index >= 15 is 0 Å². The maximum Gasteiger partial charge on any atom is 0.416 e. The van der Waals surface area contributed by atoms with Crippen molar-refractivity contribution < 1.29 is 13.2 Å². The molecule has 0 saturated heterocycles. The van der Waals surface area contributed by atoms with Gasteiger partial charge in [-0.25, -0.2) is 15.0 Å². The van der Waals surface area contributed by atoms with E-state index in [0.29, 0.717) is 11.4 Å². The molecule has 3 heterocycles. The van der Waals surface area contributed by atoms with E-state index in [0.717, 1.165) is 59.6 Å². The van der Waals surface area contributed by atoms with Crippen molar-refractivity contribution in [3.8, 4) is 11.4 Å².